The Balaban J connectivity index is 6.17. The fraction of sp³-hybridized carbons (Fsp3) is 1.00. The van der Waals surface area contributed by atoms with Crippen molar-refractivity contribution in [3.8, 4) is 0 Å². The van der Waals surface area contributed by atoms with Crippen LogP contribution in [0.4, 0.5) is 57.1 Å². The molecule has 0 saturated carbocycles. The number of alkyl halides is 13. The number of rotatable bonds is 20. The molecule has 0 rings (SSSR count). The van der Waals surface area contributed by atoms with Crippen LogP contribution in [-0.4, -0.2) is 61.6 Å². The molecule has 3 nitrogen and oxygen atoms in total. The van der Waals surface area contributed by atoms with Crippen molar-refractivity contribution in [3.63, 3.8) is 0 Å². The summed E-state index contributed by atoms with van der Waals surface area (Å²) in [7, 11) is 0. The molecule has 0 saturated heterocycles. The summed E-state index contributed by atoms with van der Waals surface area (Å²) in [4.78, 5) is 0. The van der Waals surface area contributed by atoms with Crippen LogP contribution in [0, 0.1) is 5.92 Å². The molecular weight excluding hydrogens is 571 g/mol. The summed E-state index contributed by atoms with van der Waals surface area (Å²) < 4.78 is 191. The third kappa shape index (κ3) is 8.26. The summed E-state index contributed by atoms with van der Waals surface area (Å²) >= 11 is 0. The Morgan fingerprint density at radius 3 is 1.15 bits per heavy atom. The maximum Gasteiger partial charge on any atom is 0.460 e. The SMILES string of the molecule is CCCCOC(OCCCC)(OCCCC)C(C)CCC(F)(F)C(F)(F)C(F)(F)C(F)(F)C(F)(F)C(F)(F)F. The average Bonchev–Trinajstić information content (AvgIpc) is 2.81. The average molecular weight is 607 g/mol. The lowest BCUT2D eigenvalue weighted by atomic mass is 9.90. The van der Waals surface area contributed by atoms with E-state index in [9.17, 15) is 57.1 Å². The normalized spacial score (nSPS) is 15.6. The first-order chi connectivity index (χ1) is 17.6. The summed E-state index contributed by atoms with van der Waals surface area (Å²) in [5, 5.41) is 0. The zero-order valence-electron chi connectivity index (χ0n) is 22.0. The van der Waals surface area contributed by atoms with Gasteiger partial charge in [0.2, 0.25) is 0 Å². The van der Waals surface area contributed by atoms with Gasteiger partial charge in [0.25, 0.3) is 5.97 Å². The van der Waals surface area contributed by atoms with Crippen molar-refractivity contribution in [3.05, 3.63) is 0 Å². The van der Waals surface area contributed by atoms with Crippen molar-refractivity contribution in [2.24, 2.45) is 5.92 Å². The highest BCUT2D eigenvalue weighted by Crippen LogP contribution is 2.61. The fourth-order valence-corrected chi connectivity index (χ4v) is 3.16. The Morgan fingerprint density at radius 1 is 0.513 bits per heavy atom. The molecule has 0 amide bonds. The smallest absolute Gasteiger partial charge is 0.327 e. The van der Waals surface area contributed by atoms with E-state index in [-0.39, 0.29) is 19.8 Å². The van der Waals surface area contributed by atoms with Gasteiger partial charge >= 0.3 is 35.8 Å². The summed E-state index contributed by atoms with van der Waals surface area (Å²) in [6.45, 7) is 6.21. The highest BCUT2D eigenvalue weighted by Gasteiger charge is 2.90. The largest absolute Gasteiger partial charge is 0.460 e. The van der Waals surface area contributed by atoms with Crippen LogP contribution in [-0.2, 0) is 14.2 Å². The fourth-order valence-electron chi connectivity index (χ4n) is 3.16. The molecule has 1 unspecified atom stereocenters. The second kappa shape index (κ2) is 14.2. The minimum absolute atomic E-state index is 0.0670. The number of unbranched alkanes of at least 4 members (excludes halogenated alkanes) is 3. The highest BCUT2D eigenvalue weighted by molar-refractivity contribution is 5.10. The minimum atomic E-state index is -7.92. The van der Waals surface area contributed by atoms with Gasteiger partial charge in [-0.15, -0.1) is 0 Å². The molecule has 0 aliphatic heterocycles. The zero-order valence-corrected chi connectivity index (χ0v) is 22.0. The van der Waals surface area contributed by atoms with Crippen molar-refractivity contribution in [2.75, 3.05) is 19.8 Å². The van der Waals surface area contributed by atoms with E-state index in [2.05, 4.69) is 0 Å². The van der Waals surface area contributed by atoms with Gasteiger partial charge in [0, 0.05) is 12.3 Å². The maximum absolute atomic E-state index is 14.4. The van der Waals surface area contributed by atoms with Crippen LogP contribution in [0.5, 0.6) is 0 Å². The second-order valence-corrected chi connectivity index (χ2v) is 9.15. The number of halogens is 13. The van der Waals surface area contributed by atoms with Crippen LogP contribution in [0.25, 0.3) is 0 Å². The lowest BCUT2D eigenvalue weighted by Crippen LogP contribution is -2.70. The van der Waals surface area contributed by atoms with Crippen molar-refractivity contribution >= 4 is 0 Å². The standard InChI is InChI=1S/C23H35F13O3/c1-5-8-13-37-18(38-14-9-6-2,39-15-10-7-3)16(4)11-12-17(24,25)19(26,27)20(28,29)21(30,31)22(32,33)23(34,35)36/h16H,5-15H2,1-4H3. The first-order valence-corrected chi connectivity index (χ1v) is 12.4. The third-order valence-corrected chi connectivity index (χ3v) is 5.90. The van der Waals surface area contributed by atoms with E-state index in [1.807, 2.05) is 0 Å². The van der Waals surface area contributed by atoms with Crippen LogP contribution < -0.4 is 0 Å². The zero-order chi connectivity index (χ0) is 31.0. The van der Waals surface area contributed by atoms with E-state index >= 15 is 0 Å². The molecule has 236 valence electrons. The highest BCUT2D eigenvalue weighted by atomic mass is 19.4. The van der Waals surface area contributed by atoms with Gasteiger partial charge in [-0.25, -0.2) is 0 Å². The maximum atomic E-state index is 14.4. The molecule has 0 fully saturated rings. The lowest BCUT2D eigenvalue weighted by molar-refractivity contribution is -0.441. The van der Waals surface area contributed by atoms with E-state index in [1.54, 1.807) is 20.8 Å². The molecule has 0 radical (unpaired) electrons. The van der Waals surface area contributed by atoms with Gasteiger partial charge in [-0.05, 0) is 25.7 Å². The van der Waals surface area contributed by atoms with E-state index in [0.717, 1.165) is 6.92 Å². The predicted octanol–water partition coefficient (Wildman–Crippen LogP) is 9.25. The van der Waals surface area contributed by atoms with Crippen LogP contribution in [0.2, 0.25) is 0 Å². The molecular formula is C23H35F13O3. The topological polar surface area (TPSA) is 27.7 Å². The minimum Gasteiger partial charge on any atom is -0.327 e. The monoisotopic (exact) mass is 606 g/mol. The molecule has 0 aromatic carbocycles. The number of ether oxygens (including phenoxy) is 3. The summed E-state index contributed by atoms with van der Waals surface area (Å²) in [6.07, 6.45) is -8.01. The van der Waals surface area contributed by atoms with Gasteiger partial charge in [-0.1, -0.05) is 47.0 Å². The van der Waals surface area contributed by atoms with Gasteiger partial charge in [0.05, 0.1) is 19.8 Å². The van der Waals surface area contributed by atoms with Gasteiger partial charge < -0.3 is 14.2 Å². The summed E-state index contributed by atoms with van der Waals surface area (Å²) in [6, 6.07) is 0. The molecule has 0 bridgehead atoms. The van der Waals surface area contributed by atoms with Crippen LogP contribution in [0.1, 0.15) is 79.1 Å². The van der Waals surface area contributed by atoms with Crippen LogP contribution in [0.15, 0.2) is 0 Å². The van der Waals surface area contributed by atoms with Crippen molar-refractivity contribution in [2.45, 2.75) is 121 Å². The Morgan fingerprint density at radius 2 is 0.846 bits per heavy atom. The van der Waals surface area contributed by atoms with Gasteiger partial charge in [-0.2, -0.15) is 57.1 Å². The Bertz CT molecular complexity index is 685. The van der Waals surface area contributed by atoms with E-state index < -0.39 is 60.5 Å². The van der Waals surface area contributed by atoms with Gasteiger partial charge in [0.15, 0.2) is 0 Å². The van der Waals surface area contributed by atoms with E-state index in [4.69, 9.17) is 14.2 Å². The molecule has 0 heterocycles. The van der Waals surface area contributed by atoms with Crippen molar-refractivity contribution in [1.82, 2.24) is 0 Å². The predicted molar refractivity (Wildman–Crippen MR) is 114 cm³/mol. The van der Waals surface area contributed by atoms with Gasteiger partial charge in [-0.3, -0.25) is 0 Å². The van der Waals surface area contributed by atoms with Crippen molar-refractivity contribution < 1.29 is 71.3 Å². The molecule has 0 spiro atoms. The second-order valence-electron chi connectivity index (χ2n) is 9.15. The number of hydrogen-bond donors (Lipinski definition) is 0. The first-order valence-electron chi connectivity index (χ1n) is 12.4. The lowest BCUT2D eigenvalue weighted by Gasteiger charge is -2.41. The van der Waals surface area contributed by atoms with Crippen LogP contribution >= 0.6 is 0 Å². The molecule has 0 N–H and O–H groups in total. The first kappa shape index (κ1) is 38.0. The van der Waals surface area contributed by atoms with E-state index in [0.29, 0.717) is 38.5 Å². The Hall–Kier alpha value is -1.03. The molecule has 1 atom stereocenters. The number of hydrogen-bond acceptors (Lipinski definition) is 3. The van der Waals surface area contributed by atoms with Gasteiger partial charge in [0.1, 0.15) is 0 Å². The third-order valence-electron chi connectivity index (χ3n) is 5.90. The quantitative estimate of drug-likeness (QED) is 0.0786. The van der Waals surface area contributed by atoms with Crippen molar-refractivity contribution in [1.29, 1.82) is 0 Å². The summed E-state index contributed by atoms with van der Waals surface area (Å²) in [5.41, 5.74) is 0. The Kier molecular flexibility index (Phi) is 13.9. The Labute approximate surface area is 218 Å². The van der Waals surface area contributed by atoms with Crippen LogP contribution in [0.3, 0.4) is 0 Å². The molecule has 0 aliphatic carbocycles. The molecule has 0 aliphatic rings. The van der Waals surface area contributed by atoms with E-state index in [1.165, 1.54) is 0 Å². The molecule has 39 heavy (non-hydrogen) atoms. The molecule has 0 aromatic rings. The molecule has 0 aromatic heterocycles. The summed E-state index contributed by atoms with van der Waals surface area (Å²) in [5.74, 6) is -40.5. The molecule has 16 heteroatoms.